The van der Waals surface area contributed by atoms with Crippen LogP contribution in [0.2, 0.25) is 0 Å². The van der Waals surface area contributed by atoms with E-state index >= 15 is 0 Å². The van der Waals surface area contributed by atoms with Gasteiger partial charge in [-0.2, -0.15) is 0 Å². The fraction of sp³-hybridized carbons (Fsp3) is 0.500. The number of amides is 1. The van der Waals surface area contributed by atoms with Gasteiger partial charge in [-0.25, -0.2) is 19.7 Å². The van der Waals surface area contributed by atoms with Gasteiger partial charge in [0.2, 0.25) is 5.95 Å². The van der Waals surface area contributed by atoms with Crippen molar-refractivity contribution in [2.45, 2.75) is 63.2 Å². The molecule has 7 nitrogen and oxygen atoms in total. The predicted octanol–water partition coefficient (Wildman–Crippen LogP) is 5.20. The summed E-state index contributed by atoms with van der Waals surface area (Å²) in [5.41, 5.74) is 1.79. The lowest BCUT2D eigenvalue weighted by atomic mass is 10.2. The Morgan fingerprint density at radius 1 is 1.10 bits per heavy atom. The Morgan fingerprint density at radius 3 is 2.10 bits per heavy atom. The van der Waals surface area contributed by atoms with E-state index < -0.39 is 16.9 Å². The van der Waals surface area contributed by atoms with Crippen molar-refractivity contribution >= 4 is 28.5 Å². The van der Waals surface area contributed by atoms with Crippen molar-refractivity contribution in [3.8, 4) is 0 Å². The smallest absolute Gasteiger partial charge is 0.324 e. The van der Waals surface area contributed by atoms with Gasteiger partial charge in [0, 0.05) is 51.0 Å². The van der Waals surface area contributed by atoms with Gasteiger partial charge in [-0.3, -0.25) is 4.21 Å². The zero-order valence-corrected chi connectivity index (χ0v) is 18.9. The van der Waals surface area contributed by atoms with Gasteiger partial charge in [0.1, 0.15) is 0 Å². The molecule has 2 saturated carbocycles. The molecule has 1 amide bonds. The number of hydrogen-bond donors (Lipinski definition) is 2. The molecule has 31 heavy (non-hydrogen) atoms. The van der Waals surface area contributed by atoms with Crippen LogP contribution in [0.5, 0.6) is 0 Å². The minimum atomic E-state index is -0.991. The summed E-state index contributed by atoms with van der Waals surface area (Å²) in [6, 6.07) is 9.53. The number of nitrogens with zero attached hydrogens (tertiary/aromatic N) is 2. The third-order valence-electron chi connectivity index (χ3n) is 4.87. The highest BCUT2D eigenvalue weighted by Gasteiger charge is 2.39. The minimum Gasteiger partial charge on any atom is -0.324 e. The van der Waals surface area contributed by atoms with Gasteiger partial charge < -0.3 is 10.6 Å². The molecule has 2 aliphatic carbocycles. The molecule has 0 radical (unpaired) electrons. The molecule has 1 heterocycles. The highest BCUT2D eigenvalue weighted by Crippen LogP contribution is 2.34. The Morgan fingerprint density at radius 2 is 1.65 bits per heavy atom. The fourth-order valence-corrected chi connectivity index (χ4v) is 3.54. The molecule has 2 aromatic rings. The third-order valence-corrected chi connectivity index (χ3v) is 5.61. The average molecular weight is 451 g/mol. The number of carbonyl (C=O) groups excluding carboxylic acids is 1. The highest BCUT2D eigenvalue weighted by atomic mass is 32.2. The molecule has 0 saturated heterocycles. The lowest BCUT2D eigenvalue weighted by molar-refractivity contribution is -0.0637. The number of anilines is 2. The normalized spacial score (nSPS) is 16.5. The maximum Gasteiger partial charge on any atom is 0.445 e. The Balaban J connectivity index is 0.000000201. The van der Waals surface area contributed by atoms with Crippen LogP contribution in [0.25, 0.3) is 0 Å². The van der Waals surface area contributed by atoms with Gasteiger partial charge in [0.15, 0.2) is 0 Å². The second-order valence-corrected chi connectivity index (χ2v) is 9.36. The number of rotatable bonds is 5. The second kappa shape index (κ2) is 13.0. The minimum absolute atomic E-state index is 0.191. The largest absolute Gasteiger partial charge is 0.445 e. The van der Waals surface area contributed by atoms with Gasteiger partial charge >= 0.3 is 6.09 Å². The van der Waals surface area contributed by atoms with Crippen molar-refractivity contribution in [3.05, 3.63) is 48.3 Å². The zero-order chi connectivity index (χ0) is 22.5. The predicted molar refractivity (Wildman–Crippen MR) is 121 cm³/mol. The lowest BCUT2D eigenvalue weighted by Gasteiger charge is -2.05. The number of carbonyl (C=O) groups is 1. The summed E-state index contributed by atoms with van der Waals surface area (Å²) in [6.45, 7) is 1.84. The Labute approximate surface area is 185 Å². The van der Waals surface area contributed by atoms with Crippen LogP contribution in [-0.2, 0) is 21.5 Å². The van der Waals surface area contributed by atoms with E-state index in [-0.39, 0.29) is 5.54 Å². The molecule has 4 rings (SSSR count). The molecule has 1 aromatic heterocycles. The molecular weight excluding hydrogens is 419 g/mol. The summed E-state index contributed by atoms with van der Waals surface area (Å²) in [7, 11) is -0.806. The monoisotopic (exact) mass is 450 g/mol. The van der Waals surface area contributed by atoms with Crippen LogP contribution in [0, 0.1) is 0 Å². The Bertz CT molecular complexity index is 806. The maximum absolute atomic E-state index is 11.1. The standard InChI is InChI=1S/C12H13N3OS.C5H8FNO2.C5H10/c1-17(16)9-10-3-5-11(6-4-10)15-12-13-7-2-8-14-12;1-5(2-3-5)7-4(8)9-6;1-2-4-5-3-1/h2-8H,9H2,1H3,(H,13,14,15);2-3H2,1H3,(H,7,8);1-5H2. The number of nitrogens with one attached hydrogen (secondary N) is 2. The molecule has 9 heteroatoms. The summed E-state index contributed by atoms with van der Waals surface area (Å²) < 4.78 is 22.1. The first-order valence-electron chi connectivity index (χ1n) is 10.4. The molecule has 2 fully saturated rings. The van der Waals surface area contributed by atoms with Crippen LogP contribution in [0.1, 0.15) is 57.4 Å². The van der Waals surface area contributed by atoms with E-state index in [1.165, 1.54) is 32.1 Å². The first-order valence-corrected chi connectivity index (χ1v) is 12.2. The number of aromatic nitrogens is 2. The molecule has 0 aliphatic heterocycles. The topological polar surface area (TPSA) is 93.2 Å². The Hall–Kier alpha value is -2.55. The summed E-state index contributed by atoms with van der Waals surface area (Å²) >= 11 is 0. The van der Waals surface area contributed by atoms with E-state index in [0.717, 1.165) is 24.1 Å². The van der Waals surface area contributed by atoms with Crippen molar-refractivity contribution < 1.29 is 18.5 Å². The van der Waals surface area contributed by atoms with E-state index in [2.05, 4.69) is 25.5 Å². The first-order chi connectivity index (χ1) is 14.9. The van der Waals surface area contributed by atoms with Crippen LogP contribution in [-0.4, -0.2) is 32.1 Å². The molecule has 1 atom stereocenters. The van der Waals surface area contributed by atoms with Crippen molar-refractivity contribution in [3.63, 3.8) is 0 Å². The average Bonchev–Trinajstić information content (AvgIpc) is 3.21. The number of halogens is 1. The number of benzene rings is 1. The third kappa shape index (κ3) is 10.9. The van der Waals surface area contributed by atoms with Crippen LogP contribution < -0.4 is 10.6 Å². The highest BCUT2D eigenvalue weighted by molar-refractivity contribution is 7.83. The van der Waals surface area contributed by atoms with Crippen molar-refractivity contribution in [1.29, 1.82) is 0 Å². The van der Waals surface area contributed by atoms with Crippen molar-refractivity contribution in [2.24, 2.45) is 0 Å². The van der Waals surface area contributed by atoms with Gasteiger partial charge in [0.25, 0.3) is 0 Å². The molecule has 2 aliphatic rings. The van der Waals surface area contributed by atoms with Crippen molar-refractivity contribution in [1.82, 2.24) is 15.3 Å². The molecule has 170 valence electrons. The van der Waals surface area contributed by atoms with Gasteiger partial charge in [0.05, 0.1) is 0 Å². The van der Waals surface area contributed by atoms with Crippen LogP contribution in [0.15, 0.2) is 42.7 Å². The summed E-state index contributed by atoms with van der Waals surface area (Å²) in [5, 5.41) is 5.43. The summed E-state index contributed by atoms with van der Waals surface area (Å²) in [5.74, 6) is 1.15. The maximum atomic E-state index is 11.1. The summed E-state index contributed by atoms with van der Waals surface area (Å²) in [4.78, 5) is 21.2. The fourth-order valence-electron chi connectivity index (χ4n) is 2.87. The lowest BCUT2D eigenvalue weighted by Crippen LogP contribution is -2.33. The van der Waals surface area contributed by atoms with E-state index in [1.807, 2.05) is 31.2 Å². The van der Waals surface area contributed by atoms with E-state index in [4.69, 9.17) is 0 Å². The van der Waals surface area contributed by atoms with Crippen LogP contribution in [0.4, 0.5) is 21.0 Å². The molecular formula is C22H31FN4O3S. The molecule has 0 bridgehead atoms. The van der Waals surface area contributed by atoms with Crippen molar-refractivity contribution in [2.75, 3.05) is 11.6 Å². The van der Waals surface area contributed by atoms with Crippen LogP contribution >= 0.6 is 0 Å². The quantitative estimate of drug-likeness (QED) is 0.650. The molecule has 1 aromatic carbocycles. The van der Waals surface area contributed by atoms with E-state index in [0.29, 0.717) is 11.7 Å². The van der Waals surface area contributed by atoms with Gasteiger partial charge in [-0.1, -0.05) is 44.2 Å². The molecule has 0 spiro atoms. The van der Waals surface area contributed by atoms with Crippen LogP contribution in [0.3, 0.4) is 0 Å². The SMILES string of the molecule is C1CCCC1.CC1(NC(=O)OF)CC1.CS(=O)Cc1ccc(Nc2ncccn2)cc1. The molecule has 1 unspecified atom stereocenters. The first kappa shape index (κ1) is 24.7. The van der Waals surface area contributed by atoms with E-state index in [1.54, 1.807) is 24.7 Å². The zero-order valence-electron chi connectivity index (χ0n) is 18.1. The van der Waals surface area contributed by atoms with Gasteiger partial charge in [-0.15, -0.1) is 0 Å². The van der Waals surface area contributed by atoms with E-state index in [9.17, 15) is 13.5 Å². The number of hydrogen-bond acceptors (Lipinski definition) is 6. The molecule has 2 N–H and O–H groups in total. The summed E-state index contributed by atoms with van der Waals surface area (Å²) in [6.07, 6.45) is 13.4. The Kier molecular flexibility index (Phi) is 10.4. The second-order valence-electron chi connectivity index (χ2n) is 7.93. The van der Waals surface area contributed by atoms with Gasteiger partial charge in [-0.05, 0) is 43.5 Å².